The van der Waals surface area contributed by atoms with Crippen molar-refractivity contribution in [3.8, 4) is 0 Å². The highest BCUT2D eigenvalue weighted by Gasteiger charge is 2.46. The first kappa shape index (κ1) is 14.4. The first-order valence-electron chi connectivity index (χ1n) is 7.03. The predicted octanol–water partition coefficient (Wildman–Crippen LogP) is 3.92. The van der Waals surface area contributed by atoms with Crippen molar-refractivity contribution in [2.24, 2.45) is 5.92 Å². The zero-order valence-corrected chi connectivity index (χ0v) is 12.6. The summed E-state index contributed by atoms with van der Waals surface area (Å²) in [6.45, 7) is 6.57. The Morgan fingerprint density at radius 2 is 2.00 bits per heavy atom. The van der Waals surface area contributed by atoms with E-state index in [1.165, 1.54) is 5.56 Å². The largest absolute Gasteiger partial charge is 0.352 e. The molecule has 1 aromatic carbocycles. The van der Waals surface area contributed by atoms with Crippen molar-refractivity contribution < 1.29 is 4.79 Å². The van der Waals surface area contributed by atoms with Crippen LogP contribution >= 0.6 is 11.6 Å². The molecule has 104 valence electrons. The Labute approximate surface area is 120 Å². The number of carbonyl (C=O) groups is 1. The zero-order valence-electron chi connectivity index (χ0n) is 11.9. The molecule has 2 rings (SSSR count). The Morgan fingerprint density at radius 1 is 1.37 bits per heavy atom. The van der Waals surface area contributed by atoms with Gasteiger partial charge in [0.1, 0.15) is 0 Å². The third-order valence-corrected chi connectivity index (χ3v) is 4.49. The molecule has 1 N–H and O–H groups in total. The van der Waals surface area contributed by atoms with E-state index in [1.807, 2.05) is 12.1 Å². The van der Waals surface area contributed by atoms with Gasteiger partial charge in [0.2, 0.25) is 5.91 Å². The lowest BCUT2D eigenvalue weighted by atomic mass is 9.70. The van der Waals surface area contributed by atoms with Crippen molar-refractivity contribution in [2.45, 2.75) is 51.5 Å². The zero-order chi connectivity index (χ0) is 14.0. The lowest BCUT2D eigenvalue weighted by Crippen LogP contribution is -2.41. The average Bonchev–Trinajstić information content (AvgIpc) is 2.66. The van der Waals surface area contributed by atoms with E-state index in [-0.39, 0.29) is 17.4 Å². The van der Waals surface area contributed by atoms with Gasteiger partial charge in [0.15, 0.2) is 0 Å². The number of carbonyl (C=O) groups excluding carboxylic acids is 1. The van der Waals surface area contributed by atoms with Crippen molar-refractivity contribution in [3.05, 3.63) is 34.9 Å². The monoisotopic (exact) mass is 279 g/mol. The molecule has 1 aromatic rings. The van der Waals surface area contributed by atoms with Crippen LogP contribution in [0.5, 0.6) is 0 Å². The Bertz CT molecular complexity index is 454. The number of amides is 1. The van der Waals surface area contributed by atoms with Crippen molar-refractivity contribution in [3.63, 3.8) is 0 Å². The molecule has 1 saturated heterocycles. The van der Waals surface area contributed by atoms with Gasteiger partial charge < -0.3 is 5.32 Å². The second-order valence-electron chi connectivity index (χ2n) is 5.94. The number of rotatable bonds is 4. The highest BCUT2D eigenvalue weighted by Crippen LogP contribution is 2.41. The van der Waals surface area contributed by atoms with Crippen LogP contribution in [0.2, 0.25) is 5.02 Å². The summed E-state index contributed by atoms with van der Waals surface area (Å²) in [7, 11) is 0. The first-order valence-corrected chi connectivity index (χ1v) is 7.41. The predicted molar refractivity (Wildman–Crippen MR) is 79.4 cm³/mol. The third kappa shape index (κ3) is 2.79. The average molecular weight is 280 g/mol. The fourth-order valence-corrected chi connectivity index (χ4v) is 3.34. The van der Waals surface area contributed by atoms with E-state index in [0.717, 1.165) is 17.9 Å². The van der Waals surface area contributed by atoms with Crippen LogP contribution in [0, 0.1) is 5.92 Å². The summed E-state index contributed by atoms with van der Waals surface area (Å²) in [6.07, 6.45) is 2.56. The lowest BCUT2D eigenvalue weighted by Gasteiger charge is -2.35. The normalized spacial score (nSPS) is 26.8. The Hall–Kier alpha value is -1.02. The van der Waals surface area contributed by atoms with Crippen LogP contribution in [0.15, 0.2) is 24.3 Å². The highest BCUT2D eigenvalue weighted by molar-refractivity contribution is 6.30. The van der Waals surface area contributed by atoms with Gasteiger partial charge in [-0.05, 0) is 36.5 Å². The van der Waals surface area contributed by atoms with E-state index in [0.29, 0.717) is 12.3 Å². The smallest absolute Gasteiger partial charge is 0.221 e. The molecule has 0 radical (unpaired) electrons. The molecule has 3 heteroatoms. The summed E-state index contributed by atoms with van der Waals surface area (Å²) < 4.78 is 0. The molecule has 1 fully saturated rings. The van der Waals surface area contributed by atoms with E-state index in [9.17, 15) is 4.79 Å². The number of nitrogens with one attached hydrogen (secondary N) is 1. The van der Waals surface area contributed by atoms with Gasteiger partial charge in [0, 0.05) is 22.9 Å². The molecule has 2 atom stereocenters. The highest BCUT2D eigenvalue weighted by atomic mass is 35.5. The maximum atomic E-state index is 11.9. The molecular formula is C16H22ClNO. The van der Waals surface area contributed by atoms with Crippen LogP contribution in [0.25, 0.3) is 0 Å². The second-order valence-corrected chi connectivity index (χ2v) is 6.38. The molecule has 1 aliphatic heterocycles. The van der Waals surface area contributed by atoms with Crippen molar-refractivity contribution in [2.75, 3.05) is 0 Å². The summed E-state index contributed by atoms with van der Waals surface area (Å²) in [4.78, 5) is 11.9. The second kappa shape index (κ2) is 5.54. The fourth-order valence-electron chi connectivity index (χ4n) is 3.21. The quantitative estimate of drug-likeness (QED) is 0.889. The summed E-state index contributed by atoms with van der Waals surface area (Å²) in [6, 6.07) is 8.21. The van der Waals surface area contributed by atoms with Gasteiger partial charge in [-0.25, -0.2) is 0 Å². The topological polar surface area (TPSA) is 29.1 Å². The molecular weight excluding hydrogens is 258 g/mol. The Kier molecular flexibility index (Phi) is 4.19. The van der Waals surface area contributed by atoms with E-state index < -0.39 is 0 Å². The van der Waals surface area contributed by atoms with Crippen LogP contribution in [0.1, 0.15) is 45.6 Å². The molecule has 2 unspecified atom stereocenters. The molecule has 0 aliphatic carbocycles. The van der Waals surface area contributed by atoms with Gasteiger partial charge in [0.25, 0.3) is 0 Å². The summed E-state index contributed by atoms with van der Waals surface area (Å²) >= 11 is 5.97. The van der Waals surface area contributed by atoms with Crippen LogP contribution in [-0.2, 0) is 10.2 Å². The van der Waals surface area contributed by atoms with Crippen LogP contribution in [-0.4, -0.2) is 11.9 Å². The fraction of sp³-hybridized carbons (Fsp3) is 0.562. The summed E-state index contributed by atoms with van der Waals surface area (Å²) in [5.74, 6) is 0.740. The van der Waals surface area contributed by atoms with E-state index in [4.69, 9.17) is 11.6 Å². The molecule has 0 spiro atoms. The van der Waals surface area contributed by atoms with Gasteiger partial charge in [-0.15, -0.1) is 0 Å². The minimum Gasteiger partial charge on any atom is -0.352 e. The van der Waals surface area contributed by atoms with Crippen LogP contribution in [0.3, 0.4) is 0 Å². The molecule has 1 heterocycles. The SMILES string of the molecule is CCC1(c2ccc(Cl)cc2)CC(=O)NC1CC(C)C. The van der Waals surface area contributed by atoms with Crippen molar-refractivity contribution >= 4 is 17.5 Å². The maximum absolute atomic E-state index is 11.9. The van der Waals surface area contributed by atoms with Crippen LogP contribution < -0.4 is 5.32 Å². The maximum Gasteiger partial charge on any atom is 0.221 e. The van der Waals surface area contributed by atoms with E-state index in [2.05, 4.69) is 38.2 Å². The molecule has 1 aliphatic rings. The van der Waals surface area contributed by atoms with Gasteiger partial charge in [-0.2, -0.15) is 0 Å². The molecule has 0 bridgehead atoms. The third-order valence-electron chi connectivity index (χ3n) is 4.24. The molecule has 2 nitrogen and oxygen atoms in total. The standard InChI is InChI=1S/C16H22ClNO/c1-4-16(12-5-7-13(17)8-6-12)10-15(19)18-14(16)9-11(2)3/h5-8,11,14H,4,9-10H2,1-3H3,(H,18,19). The number of halogens is 1. The van der Waals surface area contributed by atoms with Crippen molar-refractivity contribution in [1.82, 2.24) is 5.32 Å². The number of hydrogen-bond donors (Lipinski definition) is 1. The van der Waals surface area contributed by atoms with Gasteiger partial charge in [0.05, 0.1) is 0 Å². The van der Waals surface area contributed by atoms with E-state index >= 15 is 0 Å². The van der Waals surface area contributed by atoms with E-state index in [1.54, 1.807) is 0 Å². The molecule has 0 aromatic heterocycles. The summed E-state index contributed by atoms with van der Waals surface area (Å²) in [5, 5.41) is 3.91. The van der Waals surface area contributed by atoms with Gasteiger partial charge in [-0.1, -0.05) is 44.5 Å². The summed E-state index contributed by atoms with van der Waals surface area (Å²) in [5.41, 5.74) is 1.15. The Morgan fingerprint density at radius 3 is 2.53 bits per heavy atom. The van der Waals surface area contributed by atoms with Gasteiger partial charge in [-0.3, -0.25) is 4.79 Å². The minimum atomic E-state index is -0.0774. The van der Waals surface area contributed by atoms with Crippen molar-refractivity contribution in [1.29, 1.82) is 0 Å². The number of benzene rings is 1. The lowest BCUT2D eigenvalue weighted by molar-refractivity contribution is -0.119. The van der Waals surface area contributed by atoms with Gasteiger partial charge >= 0.3 is 0 Å². The van der Waals surface area contributed by atoms with Crippen LogP contribution in [0.4, 0.5) is 0 Å². The molecule has 19 heavy (non-hydrogen) atoms. The molecule has 0 saturated carbocycles. The molecule has 1 amide bonds. The Balaban J connectivity index is 2.38. The number of hydrogen-bond acceptors (Lipinski definition) is 1. The minimum absolute atomic E-state index is 0.0774. The first-order chi connectivity index (χ1) is 8.98.